The molecular weight excluding hydrogens is 406 g/mol. The number of nitrogens with zero attached hydrogens (tertiary/aromatic N) is 3. The van der Waals surface area contributed by atoms with Gasteiger partial charge in [0.05, 0.1) is 31.7 Å². The number of esters is 1. The summed E-state index contributed by atoms with van der Waals surface area (Å²) in [5.41, 5.74) is 1.22. The van der Waals surface area contributed by atoms with Crippen LogP contribution in [0.1, 0.15) is 43.9 Å². The molecule has 0 saturated heterocycles. The number of rotatable bonds is 9. The molecule has 30 heavy (non-hydrogen) atoms. The maximum Gasteiger partial charge on any atom is 0.315 e. The zero-order valence-corrected chi connectivity index (χ0v) is 18.4. The molecule has 1 aliphatic rings. The first-order chi connectivity index (χ1) is 14.3. The standard InChI is InChI=1S/C21H27N3O5S/c1-14(2)19(20(25)29-4)18-11-12-22-21(23-18)24(30(26,27)17-9-10-17)13-15-5-7-16(28-3)8-6-15/h5-8,11-12,14,17,19H,9-10,13H2,1-4H3. The number of aromatic nitrogens is 2. The van der Waals surface area contributed by atoms with Gasteiger partial charge in [-0.2, -0.15) is 0 Å². The fourth-order valence-corrected chi connectivity index (χ4v) is 4.97. The van der Waals surface area contributed by atoms with Crippen LogP contribution in [-0.4, -0.2) is 43.8 Å². The Bertz CT molecular complexity index is 988. The molecule has 0 spiro atoms. The van der Waals surface area contributed by atoms with Gasteiger partial charge in [0.1, 0.15) is 11.7 Å². The topological polar surface area (TPSA) is 98.7 Å². The second-order valence-corrected chi connectivity index (χ2v) is 9.76. The molecule has 1 aromatic heterocycles. The lowest BCUT2D eigenvalue weighted by atomic mass is 9.92. The summed E-state index contributed by atoms with van der Waals surface area (Å²) in [6, 6.07) is 8.80. The predicted octanol–water partition coefficient (Wildman–Crippen LogP) is 2.90. The third kappa shape index (κ3) is 4.72. The third-order valence-corrected chi connectivity index (χ3v) is 7.29. The van der Waals surface area contributed by atoms with Crippen LogP contribution in [-0.2, 0) is 26.1 Å². The zero-order chi connectivity index (χ0) is 21.9. The minimum atomic E-state index is -3.62. The third-order valence-electron chi connectivity index (χ3n) is 5.07. The van der Waals surface area contributed by atoms with Crippen molar-refractivity contribution in [3.8, 4) is 5.75 Å². The highest BCUT2D eigenvalue weighted by Crippen LogP contribution is 2.34. The number of hydrogen-bond donors (Lipinski definition) is 0. The SMILES string of the molecule is COC(=O)C(c1ccnc(N(Cc2ccc(OC)cc2)S(=O)(=O)C2CC2)n1)C(C)C. The van der Waals surface area contributed by atoms with Gasteiger partial charge >= 0.3 is 5.97 Å². The predicted molar refractivity (Wildman–Crippen MR) is 113 cm³/mol. The molecule has 1 saturated carbocycles. The highest BCUT2D eigenvalue weighted by Gasteiger charge is 2.41. The molecule has 0 N–H and O–H groups in total. The molecule has 1 fully saturated rings. The van der Waals surface area contributed by atoms with Crippen LogP contribution in [0.4, 0.5) is 5.95 Å². The highest BCUT2D eigenvalue weighted by molar-refractivity contribution is 7.93. The van der Waals surface area contributed by atoms with Crippen molar-refractivity contribution in [3.63, 3.8) is 0 Å². The average molecular weight is 434 g/mol. The quantitative estimate of drug-likeness (QED) is 0.561. The van der Waals surface area contributed by atoms with Crippen molar-refractivity contribution < 1.29 is 22.7 Å². The summed E-state index contributed by atoms with van der Waals surface area (Å²) < 4.78 is 37.6. The van der Waals surface area contributed by atoms with E-state index in [1.807, 2.05) is 26.0 Å². The van der Waals surface area contributed by atoms with E-state index in [4.69, 9.17) is 9.47 Å². The number of hydrogen-bond acceptors (Lipinski definition) is 7. The van der Waals surface area contributed by atoms with E-state index in [1.54, 1.807) is 25.3 Å². The summed E-state index contributed by atoms with van der Waals surface area (Å²) >= 11 is 0. The minimum Gasteiger partial charge on any atom is -0.497 e. The Balaban J connectivity index is 2.00. The lowest BCUT2D eigenvalue weighted by Gasteiger charge is -2.24. The van der Waals surface area contributed by atoms with Gasteiger partial charge in [-0.05, 0) is 42.5 Å². The van der Waals surface area contributed by atoms with Gasteiger partial charge in [-0.15, -0.1) is 0 Å². The Morgan fingerprint density at radius 1 is 1.17 bits per heavy atom. The maximum atomic E-state index is 13.2. The number of benzene rings is 1. The molecule has 0 amide bonds. The van der Waals surface area contributed by atoms with Gasteiger partial charge in [0.15, 0.2) is 0 Å². The van der Waals surface area contributed by atoms with Crippen LogP contribution in [0.3, 0.4) is 0 Å². The van der Waals surface area contributed by atoms with E-state index in [2.05, 4.69) is 9.97 Å². The van der Waals surface area contributed by atoms with Crippen LogP contribution in [0.5, 0.6) is 5.75 Å². The molecule has 2 aromatic rings. The minimum absolute atomic E-state index is 0.0600. The van der Waals surface area contributed by atoms with Crippen LogP contribution >= 0.6 is 0 Å². The molecule has 9 heteroatoms. The number of sulfonamides is 1. The Kier molecular flexibility index (Phi) is 6.60. The van der Waals surface area contributed by atoms with E-state index in [0.717, 1.165) is 5.56 Å². The smallest absolute Gasteiger partial charge is 0.315 e. The van der Waals surface area contributed by atoms with E-state index in [0.29, 0.717) is 24.3 Å². The molecule has 3 rings (SSSR count). The Labute approximate surface area is 177 Å². The lowest BCUT2D eigenvalue weighted by Crippen LogP contribution is -2.35. The van der Waals surface area contributed by atoms with Crippen molar-refractivity contribution in [2.75, 3.05) is 18.5 Å². The molecule has 0 radical (unpaired) electrons. The van der Waals surface area contributed by atoms with Crippen LogP contribution < -0.4 is 9.04 Å². The first-order valence-electron chi connectivity index (χ1n) is 9.83. The number of carbonyl (C=O) groups excluding carboxylic acids is 1. The number of carbonyl (C=O) groups is 1. The molecule has 8 nitrogen and oxygen atoms in total. The summed E-state index contributed by atoms with van der Waals surface area (Å²) in [4.78, 5) is 21.0. The first-order valence-corrected chi connectivity index (χ1v) is 11.3. The van der Waals surface area contributed by atoms with Crippen molar-refractivity contribution >= 4 is 21.9 Å². The van der Waals surface area contributed by atoms with Gasteiger partial charge in [-0.25, -0.2) is 22.7 Å². The summed E-state index contributed by atoms with van der Waals surface area (Å²) in [5, 5.41) is -0.426. The van der Waals surface area contributed by atoms with E-state index < -0.39 is 27.2 Å². The van der Waals surface area contributed by atoms with Crippen molar-refractivity contribution in [1.82, 2.24) is 9.97 Å². The maximum absolute atomic E-state index is 13.2. The molecule has 1 unspecified atom stereocenters. The number of methoxy groups -OCH3 is 2. The van der Waals surface area contributed by atoms with Gasteiger partial charge in [-0.1, -0.05) is 26.0 Å². The molecule has 0 aliphatic heterocycles. The number of anilines is 1. The molecule has 162 valence electrons. The Hall–Kier alpha value is -2.68. The van der Waals surface area contributed by atoms with Crippen LogP contribution in [0, 0.1) is 5.92 Å². The molecule has 1 aromatic carbocycles. The van der Waals surface area contributed by atoms with Gasteiger partial charge in [0.25, 0.3) is 0 Å². The lowest BCUT2D eigenvalue weighted by molar-refractivity contribution is -0.143. The highest BCUT2D eigenvalue weighted by atomic mass is 32.2. The summed E-state index contributed by atoms with van der Waals surface area (Å²) in [6.45, 7) is 3.87. The fourth-order valence-electron chi connectivity index (χ4n) is 3.23. The molecule has 1 heterocycles. The Morgan fingerprint density at radius 3 is 2.37 bits per heavy atom. The zero-order valence-electron chi connectivity index (χ0n) is 17.6. The van der Waals surface area contributed by atoms with E-state index in [-0.39, 0.29) is 18.4 Å². The fraction of sp³-hybridized carbons (Fsp3) is 0.476. The van der Waals surface area contributed by atoms with Crippen molar-refractivity contribution in [1.29, 1.82) is 0 Å². The molecule has 1 aliphatic carbocycles. The molecular formula is C21H27N3O5S. The van der Waals surface area contributed by atoms with Crippen LogP contribution in [0.15, 0.2) is 36.5 Å². The average Bonchev–Trinajstić information content (AvgIpc) is 3.58. The van der Waals surface area contributed by atoms with Crippen molar-refractivity contribution in [3.05, 3.63) is 47.8 Å². The van der Waals surface area contributed by atoms with E-state index >= 15 is 0 Å². The largest absolute Gasteiger partial charge is 0.497 e. The van der Waals surface area contributed by atoms with Gasteiger partial charge in [0.2, 0.25) is 16.0 Å². The second kappa shape index (κ2) is 8.99. The van der Waals surface area contributed by atoms with Gasteiger partial charge in [-0.3, -0.25) is 4.79 Å². The first kappa shape index (κ1) is 22.0. The monoisotopic (exact) mass is 433 g/mol. The van der Waals surface area contributed by atoms with Crippen molar-refractivity contribution in [2.45, 2.75) is 44.4 Å². The summed E-state index contributed by atoms with van der Waals surface area (Å²) in [6.07, 6.45) is 2.73. The van der Waals surface area contributed by atoms with E-state index in [9.17, 15) is 13.2 Å². The Morgan fingerprint density at radius 2 is 1.83 bits per heavy atom. The van der Waals surface area contributed by atoms with Crippen LogP contribution in [0.25, 0.3) is 0 Å². The number of ether oxygens (including phenoxy) is 2. The normalized spacial score (nSPS) is 15.0. The van der Waals surface area contributed by atoms with Crippen molar-refractivity contribution in [2.24, 2.45) is 5.92 Å². The van der Waals surface area contributed by atoms with Crippen LogP contribution in [0.2, 0.25) is 0 Å². The molecule has 1 atom stereocenters. The van der Waals surface area contributed by atoms with Gasteiger partial charge < -0.3 is 9.47 Å². The summed E-state index contributed by atoms with van der Waals surface area (Å²) in [7, 11) is -0.722. The van der Waals surface area contributed by atoms with Gasteiger partial charge in [0, 0.05) is 6.20 Å². The van der Waals surface area contributed by atoms with E-state index in [1.165, 1.54) is 17.6 Å². The molecule has 0 bridgehead atoms. The second-order valence-electron chi connectivity index (χ2n) is 7.63. The summed E-state index contributed by atoms with van der Waals surface area (Å²) in [5.74, 6) is -0.351.